The molecule has 6 aromatic rings. The molecule has 0 radical (unpaired) electrons. The summed E-state index contributed by atoms with van der Waals surface area (Å²) in [5, 5.41) is 5.78. The van der Waals surface area contributed by atoms with Gasteiger partial charge in [0.15, 0.2) is 0 Å². The van der Waals surface area contributed by atoms with Crippen molar-refractivity contribution in [1.82, 2.24) is 29.2 Å². The fraction of sp³-hybridized carbons (Fsp3) is 0.475. The number of ether oxygens (including phenoxy) is 3. The topological polar surface area (TPSA) is 111 Å². The number of fused-ring (bicyclic) bond motifs is 6. The average Bonchev–Trinajstić information content (AvgIpc) is 3.85. The Balaban J connectivity index is 0.000000179. The minimum Gasteiger partial charge on any atom is -0.494 e. The molecule has 10 rings (SSSR count). The molecule has 0 spiro atoms. The smallest absolute Gasteiger partial charge is 0.410 e. The maximum Gasteiger partial charge on any atom is 0.410 e. The molecular weight excluding hydrogens is 889 g/mol. The van der Waals surface area contributed by atoms with Gasteiger partial charge < -0.3 is 43.4 Å². The zero-order chi connectivity index (χ0) is 49.8. The molecule has 4 aliphatic rings. The third-order valence-corrected chi connectivity index (χ3v) is 14.8. The Kier molecular flexibility index (Phi) is 15.1. The second-order valence-electron chi connectivity index (χ2n) is 21.2. The Hall–Kier alpha value is -6.27. The molecule has 1 N–H and O–H groups in total. The van der Waals surface area contributed by atoms with Gasteiger partial charge in [0.2, 0.25) is 0 Å². The number of piperidine rings is 2. The van der Waals surface area contributed by atoms with Crippen LogP contribution in [0.15, 0.2) is 84.9 Å². The number of hydrogen-bond donors (Lipinski definition) is 1. The van der Waals surface area contributed by atoms with Crippen LogP contribution in [0.3, 0.4) is 0 Å². The van der Waals surface area contributed by atoms with Gasteiger partial charge in [0.1, 0.15) is 17.1 Å². The number of nitrogens with one attached hydrogen (secondary N) is 1. The van der Waals surface area contributed by atoms with E-state index >= 15 is 0 Å². The van der Waals surface area contributed by atoms with Crippen LogP contribution in [0.4, 0.5) is 4.79 Å². The highest BCUT2D eigenvalue weighted by atomic mass is 16.6. The molecule has 0 atom stereocenters. The van der Waals surface area contributed by atoms with E-state index in [1.807, 2.05) is 74.8 Å². The normalized spacial score (nSPS) is 16.6. The van der Waals surface area contributed by atoms with Crippen molar-refractivity contribution in [2.75, 3.05) is 52.5 Å². The molecule has 2 saturated heterocycles. The Morgan fingerprint density at radius 3 is 1.52 bits per heavy atom. The number of nitrogens with zero attached hydrogens (tertiary/aromatic N) is 5. The number of rotatable bonds is 10. The third-order valence-electron chi connectivity index (χ3n) is 14.8. The fourth-order valence-electron chi connectivity index (χ4n) is 10.8. The molecule has 0 saturated carbocycles. The summed E-state index contributed by atoms with van der Waals surface area (Å²) in [6.07, 6.45) is 5.74. The standard InChI is InChI=1S/C32H41N3O4.C27H33N3O2/c1-6-38-25-10-7-23(8-11-25)20-35-28-12-9-24(30(36)33-16-13-22(2)14-17-33)19-26(28)27-21-34(18-15-29(27)35)31(37)39-32(3,4)5;1-3-32-22-7-4-20(5-8-22)18-30-25-9-6-21(27(31)29-14-11-19(2)12-15-29)16-23(25)24-17-28-13-10-26(24)30/h7-12,19,22H,6,13-18,20-21H2,1-5H3;4-9,16,19,28H,3,10-15,17-18H2,1-2H3. The number of aromatic nitrogens is 2. The van der Waals surface area contributed by atoms with Gasteiger partial charge in [0.05, 0.1) is 19.8 Å². The summed E-state index contributed by atoms with van der Waals surface area (Å²) in [5.41, 5.74) is 10.8. The van der Waals surface area contributed by atoms with Crippen molar-refractivity contribution in [3.8, 4) is 11.5 Å². The number of hydrogen-bond acceptors (Lipinski definition) is 7. The summed E-state index contributed by atoms with van der Waals surface area (Å²) in [7, 11) is 0. The van der Waals surface area contributed by atoms with Gasteiger partial charge in [-0.15, -0.1) is 0 Å². The summed E-state index contributed by atoms with van der Waals surface area (Å²) in [4.78, 5) is 45.4. The Bertz CT molecular complexity index is 2840. The Morgan fingerprint density at radius 2 is 1.06 bits per heavy atom. The van der Waals surface area contributed by atoms with Crippen molar-refractivity contribution in [2.45, 2.75) is 119 Å². The van der Waals surface area contributed by atoms with Gasteiger partial charge in [-0.25, -0.2) is 4.79 Å². The highest BCUT2D eigenvalue weighted by molar-refractivity contribution is 6.00. The Morgan fingerprint density at radius 1 is 0.592 bits per heavy atom. The van der Waals surface area contributed by atoms with E-state index in [4.69, 9.17) is 14.2 Å². The number of carbonyl (C=O) groups excluding carboxylic acids is 3. The molecule has 376 valence electrons. The van der Waals surface area contributed by atoms with Crippen LogP contribution in [0.2, 0.25) is 0 Å². The second-order valence-corrected chi connectivity index (χ2v) is 21.2. The van der Waals surface area contributed by atoms with Gasteiger partial charge in [-0.3, -0.25) is 9.59 Å². The first-order valence-corrected chi connectivity index (χ1v) is 26.3. The molecule has 3 amide bonds. The fourth-order valence-corrected chi connectivity index (χ4v) is 10.8. The number of amides is 3. The maximum absolute atomic E-state index is 13.5. The van der Waals surface area contributed by atoms with Gasteiger partial charge >= 0.3 is 6.09 Å². The van der Waals surface area contributed by atoms with Crippen LogP contribution in [0.5, 0.6) is 11.5 Å². The minimum atomic E-state index is -0.551. The third kappa shape index (κ3) is 11.3. The van der Waals surface area contributed by atoms with Crippen LogP contribution < -0.4 is 14.8 Å². The van der Waals surface area contributed by atoms with Crippen molar-refractivity contribution < 1.29 is 28.6 Å². The predicted molar refractivity (Wildman–Crippen MR) is 282 cm³/mol. The molecule has 12 nitrogen and oxygen atoms in total. The quantitative estimate of drug-likeness (QED) is 0.146. The summed E-state index contributed by atoms with van der Waals surface area (Å²) in [5.74, 6) is 3.43. The highest BCUT2D eigenvalue weighted by Crippen LogP contribution is 2.35. The van der Waals surface area contributed by atoms with Crippen molar-refractivity contribution in [1.29, 1.82) is 0 Å². The monoisotopic (exact) mass is 963 g/mol. The van der Waals surface area contributed by atoms with Crippen LogP contribution in [-0.4, -0.2) is 99.8 Å². The first kappa shape index (κ1) is 49.7. The van der Waals surface area contributed by atoms with Crippen molar-refractivity contribution in [3.63, 3.8) is 0 Å². The number of benzene rings is 4. The van der Waals surface area contributed by atoms with Crippen LogP contribution in [0, 0.1) is 11.8 Å². The van der Waals surface area contributed by atoms with E-state index < -0.39 is 5.60 Å². The summed E-state index contributed by atoms with van der Waals surface area (Å²) in [6, 6.07) is 29.0. The maximum atomic E-state index is 13.5. The molecule has 0 bridgehead atoms. The lowest BCUT2D eigenvalue weighted by Crippen LogP contribution is -2.40. The van der Waals surface area contributed by atoms with E-state index in [0.717, 1.165) is 124 Å². The molecule has 0 aliphatic carbocycles. The van der Waals surface area contributed by atoms with Gasteiger partial charge in [-0.05, 0) is 149 Å². The molecule has 12 heteroatoms. The van der Waals surface area contributed by atoms with E-state index in [0.29, 0.717) is 44.3 Å². The molecular formula is C59H74N6O6. The SMILES string of the molecule is CCOc1ccc(Cn2c3c(c4cc(C(=O)N5CCC(C)CC5)ccc42)CN(C(=O)OC(C)(C)C)CC3)cc1.CCOc1ccc(Cn2c3c(c4cc(C(=O)N5CCC(C)CC5)ccc42)CNCC3)cc1. The van der Waals surface area contributed by atoms with E-state index in [1.165, 1.54) is 39.0 Å². The van der Waals surface area contributed by atoms with E-state index in [9.17, 15) is 14.4 Å². The lowest BCUT2D eigenvalue weighted by Gasteiger charge is -2.31. The van der Waals surface area contributed by atoms with Crippen LogP contribution in [0.1, 0.15) is 129 Å². The van der Waals surface area contributed by atoms with Crippen LogP contribution >= 0.6 is 0 Å². The zero-order valence-corrected chi connectivity index (χ0v) is 43.2. The number of likely N-dealkylation sites (tertiary alicyclic amines) is 2. The summed E-state index contributed by atoms with van der Waals surface area (Å²) < 4.78 is 21.7. The van der Waals surface area contributed by atoms with E-state index in [-0.39, 0.29) is 17.9 Å². The zero-order valence-electron chi connectivity index (χ0n) is 43.2. The number of carbonyl (C=O) groups is 3. The molecule has 6 heterocycles. The molecule has 2 fully saturated rings. The van der Waals surface area contributed by atoms with Crippen LogP contribution in [-0.2, 0) is 43.8 Å². The van der Waals surface area contributed by atoms with Crippen LogP contribution in [0.25, 0.3) is 21.8 Å². The van der Waals surface area contributed by atoms with Crippen molar-refractivity contribution >= 4 is 39.7 Å². The van der Waals surface area contributed by atoms with E-state index in [1.54, 1.807) is 4.90 Å². The average molecular weight is 963 g/mol. The van der Waals surface area contributed by atoms with Crippen molar-refractivity contribution in [2.24, 2.45) is 11.8 Å². The second kappa shape index (κ2) is 21.6. The molecule has 2 aromatic heterocycles. The lowest BCUT2D eigenvalue weighted by molar-refractivity contribution is 0.0223. The molecule has 4 aliphatic heterocycles. The van der Waals surface area contributed by atoms with Gasteiger partial charge in [0.25, 0.3) is 11.8 Å². The van der Waals surface area contributed by atoms with Gasteiger partial charge in [-0.2, -0.15) is 0 Å². The predicted octanol–water partition coefficient (Wildman–Crippen LogP) is 10.9. The van der Waals surface area contributed by atoms with Gasteiger partial charge in [-0.1, -0.05) is 38.1 Å². The minimum absolute atomic E-state index is 0.0941. The first-order valence-electron chi connectivity index (χ1n) is 26.3. The molecule has 0 unspecified atom stereocenters. The Labute approximate surface area is 420 Å². The summed E-state index contributed by atoms with van der Waals surface area (Å²) >= 11 is 0. The summed E-state index contributed by atoms with van der Waals surface area (Å²) in [6.45, 7) is 23.3. The van der Waals surface area contributed by atoms with Crippen molar-refractivity contribution in [3.05, 3.63) is 130 Å². The largest absolute Gasteiger partial charge is 0.494 e. The first-order chi connectivity index (χ1) is 34.3. The van der Waals surface area contributed by atoms with Gasteiger partial charge in [0, 0.05) is 122 Å². The highest BCUT2D eigenvalue weighted by Gasteiger charge is 2.31. The molecule has 4 aromatic carbocycles. The van der Waals surface area contributed by atoms with E-state index in [2.05, 4.69) is 82.9 Å². The lowest BCUT2D eigenvalue weighted by atomic mass is 9.98. The molecule has 71 heavy (non-hydrogen) atoms.